The summed E-state index contributed by atoms with van der Waals surface area (Å²) < 4.78 is 20.4. The second-order valence-corrected chi connectivity index (χ2v) is 8.86. The van der Waals surface area contributed by atoms with Crippen molar-refractivity contribution in [2.75, 3.05) is 27.4 Å². The number of carbonyl (C=O) groups excluding carboxylic acids is 3. The number of fused-ring (bicyclic) bond motifs is 1. The van der Waals surface area contributed by atoms with Crippen molar-refractivity contribution in [1.82, 2.24) is 20.3 Å². The van der Waals surface area contributed by atoms with E-state index in [4.69, 9.17) is 18.9 Å². The van der Waals surface area contributed by atoms with Gasteiger partial charge in [0, 0.05) is 18.4 Å². The first kappa shape index (κ1) is 28.6. The van der Waals surface area contributed by atoms with E-state index in [9.17, 15) is 14.4 Å². The second-order valence-electron chi connectivity index (χ2n) is 7.86. The average molecular weight is 543 g/mol. The summed E-state index contributed by atoms with van der Waals surface area (Å²) in [5.41, 5.74) is 2.65. The van der Waals surface area contributed by atoms with Crippen LogP contribution in [0.1, 0.15) is 42.6 Å². The molecule has 12 heteroatoms. The minimum absolute atomic E-state index is 0.0217. The Bertz CT molecular complexity index is 1270. The maximum absolute atomic E-state index is 12.7. The van der Waals surface area contributed by atoms with Gasteiger partial charge in [0.25, 0.3) is 17.7 Å². The summed E-state index contributed by atoms with van der Waals surface area (Å²) in [6, 6.07) is 8.11. The standard InChI is InChI=1S/C26H30N4O7S/c1-5-36-22(31)12-10-19(26(33)37-6-2)28-23(32)17-8-11-21(27-14-17)38-15-16-7-9-18-20(13-16)30-25(35-4)24(29-18)34-3/h7-9,11,13-14,19H,5-6,10,12,15H2,1-4H3,(H,28,32)/t19-/m0/s1. The number of amides is 1. The van der Waals surface area contributed by atoms with E-state index in [0.717, 1.165) is 5.56 Å². The first-order chi connectivity index (χ1) is 18.4. The average Bonchev–Trinajstić information content (AvgIpc) is 2.93. The number of hydrogen-bond donors (Lipinski definition) is 1. The van der Waals surface area contributed by atoms with Gasteiger partial charge in [-0.1, -0.05) is 6.07 Å². The predicted octanol–water partition coefficient (Wildman–Crippen LogP) is 3.34. The summed E-state index contributed by atoms with van der Waals surface area (Å²) in [4.78, 5) is 49.9. The quantitative estimate of drug-likeness (QED) is 0.251. The first-order valence-corrected chi connectivity index (χ1v) is 13.0. The van der Waals surface area contributed by atoms with Crippen LogP contribution in [-0.4, -0.2) is 66.3 Å². The summed E-state index contributed by atoms with van der Waals surface area (Å²) in [7, 11) is 3.02. The van der Waals surface area contributed by atoms with Gasteiger partial charge >= 0.3 is 11.9 Å². The smallest absolute Gasteiger partial charge is 0.328 e. The molecule has 3 aromatic rings. The monoisotopic (exact) mass is 542 g/mol. The fourth-order valence-electron chi connectivity index (χ4n) is 3.41. The van der Waals surface area contributed by atoms with Gasteiger partial charge in [0.2, 0.25) is 0 Å². The minimum atomic E-state index is -0.976. The van der Waals surface area contributed by atoms with Crippen LogP contribution >= 0.6 is 11.8 Å². The van der Waals surface area contributed by atoms with Crippen molar-refractivity contribution < 1.29 is 33.3 Å². The summed E-state index contributed by atoms with van der Waals surface area (Å²) in [5.74, 6) is -0.302. The molecule has 1 aromatic carbocycles. The molecule has 0 unspecified atom stereocenters. The molecule has 38 heavy (non-hydrogen) atoms. The Kier molecular flexibility index (Phi) is 10.6. The largest absolute Gasteiger partial charge is 0.477 e. The molecule has 0 saturated heterocycles. The van der Waals surface area contributed by atoms with Gasteiger partial charge in [0.15, 0.2) is 0 Å². The molecular formula is C26H30N4O7S. The molecule has 2 aromatic heterocycles. The Labute approximate surface area is 224 Å². The number of pyridine rings is 1. The number of rotatable bonds is 13. The molecule has 0 spiro atoms. The number of nitrogens with zero attached hydrogens (tertiary/aromatic N) is 3. The number of methoxy groups -OCH3 is 2. The maximum Gasteiger partial charge on any atom is 0.328 e. The van der Waals surface area contributed by atoms with Gasteiger partial charge in [-0.25, -0.2) is 19.7 Å². The molecule has 3 rings (SSSR count). The Hall–Kier alpha value is -3.93. The van der Waals surface area contributed by atoms with Crippen LogP contribution in [0, 0.1) is 0 Å². The normalized spacial score (nSPS) is 11.5. The molecule has 1 amide bonds. The van der Waals surface area contributed by atoms with Crippen molar-refractivity contribution in [2.45, 2.75) is 43.5 Å². The van der Waals surface area contributed by atoms with Gasteiger partial charge in [0.05, 0.1) is 49.1 Å². The van der Waals surface area contributed by atoms with Gasteiger partial charge in [-0.15, -0.1) is 11.8 Å². The van der Waals surface area contributed by atoms with E-state index < -0.39 is 23.9 Å². The lowest BCUT2D eigenvalue weighted by atomic mass is 10.1. The number of nitrogens with one attached hydrogen (secondary N) is 1. The highest BCUT2D eigenvalue weighted by Gasteiger charge is 2.24. The Morgan fingerprint density at radius 3 is 2.29 bits per heavy atom. The number of thioether (sulfide) groups is 1. The zero-order valence-corrected chi connectivity index (χ0v) is 22.5. The third-order valence-electron chi connectivity index (χ3n) is 5.26. The van der Waals surface area contributed by atoms with E-state index in [1.54, 1.807) is 26.0 Å². The molecule has 2 heterocycles. The van der Waals surface area contributed by atoms with Crippen LogP contribution in [0.3, 0.4) is 0 Å². The number of carbonyl (C=O) groups is 3. The molecule has 202 valence electrons. The minimum Gasteiger partial charge on any atom is -0.477 e. The van der Waals surface area contributed by atoms with Gasteiger partial charge in [0.1, 0.15) is 6.04 Å². The highest BCUT2D eigenvalue weighted by atomic mass is 32.2. The zero-order chi connectivity index (χ0) is 27.5. The molecule has 11 nitrogen and oxygen atoms in total. The van der Waals surface area contributed by atoms with E-state index in [-0.39, 0.29) is 31.6 Å². The molecule has 0 saturated carbocycles. The van der Waals surface area contributed by atoms with Crippen LogP contribution in [0.15, 0.2) is 41.6 Å². The van der Waals surface area contributed by atoms with Crippen molar-refractivity contribution in [1.29, 1.82) is 0 Å². The molecular weight excluding hydrogens is 512 g/mol. The zero-order valence-electron chi connectivity index (χ0n) is 21.7. The maximum atomic E-state index is 12.7. The predicted molar refractivity (Wildman–Crippen MR) is 140 cm³/mol. The van der Waals surface area contributed by atoms with Crippen molar-refractivity contribution in [3.8, 4) is 11.8 Å². The van der Waals surface area contributed by atoms with Crippen molar-refractivity contribution in [3.05, 3.63) is 47.7 Å². The molecule has 0 bridgehead atoms. The van der Waals surface area contributed by atoms with Gasteiger partial charge in [-0.3, -0.25) is 9.59 Å². The second kappa shape index (κ2) is 14.1. The summed E-state index contributed by atoms with van der Waals surface area (Å²) in [6.45, 7) is 3.76. The lowest BCUT2D eigenvalue weighted by Gasteiger charge is -2.17. The van der Waals surface area contributed by atoms with E-state index in [0.29, 0.717) is 33.6 Å². The number of ether oxygens (including phenoxy) is 4. The molecule has 0 aliphatic heterocycles. The lowest BCUT2D eigenvalue weighted by molar-refractivity contribution is -0.146. The van der Waals surface area contributed by atoms with Crippen molar-refractivity contribution >= 4 is 40.6 Å². The third-order valence-corrected chi connectivity index (χ3v) is 6.27. The van der Waals surface area contributed by atoms with Crippen LogP contribution < -0.4 is 14.8 Å². The molecule has 0 fully saturated rings. The van der Waals surface area contributed by atoms with E-state index in [2.05, 4.69) is 20.3 Å². The van der Waals surface area contributed by atoms with Crippen molar-refractivity contribution in [2.24, 2.45) is 0 Å². The van der Waals surface area contributed by atoms with Crippen LogP contribution in [0.25, 0.3) is 11.0 Å². The van der Waals surface area contributed by atoms with Crippen LogP contribution in [0.5, 0.6) is 11.8 Å². The van der Waals surface area contributed by atoms with E-state index in [1.807, 2.05) is 18.2 Å². The topological polar surface area (TPSA) is 139 Å². The van der Waals surface area contributed by atoms with Crippen LogP contribution in [-0.2, 0) is 24.8 Å². The molecule has 0 aliphatic carbocycles. The number of hydrogen-bond acceptors (Lipinski definition) is 11. The van der Waals surface area contributed by atoms with Gasteiger partial charge in [-0.2, -0.15) is 0 Å². The highest BCUT2D eigenvalue weighted by Crippen LogP contribution is 2.27. The SMILES string of the molecule is CCOC(=O)CC[C@H](NC(=O)c1ccc(SCc2ccc3nc(OC)c(OC)nc3c2)nc1)C(=O)OCC. The Morgan fingerprint density at radius 2 is 1.66 bits per heavy atom. The number of esters is 2. The summed E-state index contributed by atoms with van der Waals surface area (Å²) >= 11 is 1.49. The first-order valence-electron chi connectivity index (χ1n) is 12.0. The number of benzene rings is 1. The van der Waals surface area contributed by atoms with Crippen LogP contribution in [0.4, 0.5) is 0 Å². The summed E-state index contributed by atoms with van der Waals surface area (Å²) in [5, 5.41) is 3.34. The van der Waals surface area contributed by atoms with Gasteiger partial charge in [-0.05, 0) is 50.1 Å². The Morgan fingerprint density at radius 1 is 0.947 bits per heavy atom. The Balaban J connectivity index is 1.62. The summed E-state index contributed by atoms with van der Waals surface area (Å²) in [6.07, 6.45) is 1.49. The third kappa shape index (κ3) is 7.78. The fraction of sp³-hybridized carbons (Fsp3) is 0.385. The molecule has 1 N–H and O–H groups in total. The molecule has 0 aliphatic rings. The van der Waals surface area contributed by atoms with E-state index >= 15 is 0 Å². The molecule has 0 radical (unpaired) electrons. The lowest BCUT2D eigenvalue weighted by Crippen LogP contribution is -2.42. The molecule has 1 atom stereocenters. The van der Waals surface area contributed by atoms with E-state index in [1.165, 1.54) is 32.2 Å². The van der Waals surface area contributed by atoms with Crippen molar-refractivity contribution in [3.63, 3.8) is 0 Å². The number of aromatic nitrogens is 3. The van der Waals surface area contributed by atoms with Gasteiger partial charge < -0.3 is 24.3 Å². The highest BCUT2D eigenvalue weighted by molar-refractivity contribution is 7.98. The van der Waals surface area contributed by atoms with Crippen LogP contribution in [0.2, 0.25) is 0 Å². The fourth-order valence-corrected chi connectivity index (χ4v) is 4.19.